The number of imidazole rings is 1. The molecule has 1 aromatic carbocycles. The molecule has 0 bridgehead atoms. The molecule has 224 valence electrons. The number of nitrogens with zero attached hydrogens (tertiary/aromatic N) is 3. The largest absolute Gasteiger partial charge is 0.492 e. The number of aliphatic hydroxyl groups excluding tert-OH is 2. The van der Waals surface area contributed by atoms with Gasteiger partial charge in [0.25, 0.3) is 0 Å². The maximum absolute atomic E-state index is 14.0. The molecule has 41 heavy (non-hydrogen) atoms. The van der Waals surface area contributed by atoms with E-state index in [9.17, 15) is 29.5 Å². The smallest absolute Gasteiger partial charge is 0.459 e. The molecule has 1 saturated heterocycles. The quantitative estimate of drug-likeness (QED) is 0.191. The van der Waals surface area contributed by atoms with Gasteiger partial charge in [0.15, 0.2) is 6.23 Å². The Morgan fingerprint density at radius 1 is 1.15 bits per heavy atom. The number of hydrogen-bond acceptors (Lipinski definition) is 13. The maximum Gasteiger partial charge on any atom is 0.459 e. The van der Waals surface area contributed by atoms with E-state index in [1.54, 1.807) is 52.0 Å². The number of carbonyl (C=O) groups is 2. The number of aliphatic hydroxyl groups is 2. The van der Waals surface area contributed by atoms with Crippen LogP contribution in [-0.2, 0) is 32.9 Å². The lowest BCUT2D eigenvalue weighted by Crippen LogP contribution is -2.41. The van der Waals surface area contributed by atoms with Gasteiger partial charge in [-0.15, -0.1) is 0 Å². The molecule has 0 saturated carbocycles. The van der Waals surface area contributed by atoms with Crippen molar-refractivity contribution in [3.8, 4) is 17.7 Å². The molecule has 0 radical (unpaired) electrons. The van der Waals surface area contributed by atoms with E-state index in [2.05, 4.69) is 10.1 Å². The monoisotopic (exact) mass is 596 g/mol. The lowest BCUT2D eigenvalue weighted by Gasteiger charge is -2.26. The number of rotatable bonds is 13. The van der Waals surface area contributed by atoms with Crippen molar-refractivity contribution in [2.75, 3.05) is 6.61 Å². The normalized spacial score (nSPS) is 22.6. The Balaban J connectivity index is 1.83. The second kappa shape index (κ2) is 13.9. The average molecular weight is 597 g/mol. The summed E-state index contributed by atoms with van der Waals surface area (Å²) in [5, 5.41) is 42.7. The van der Waals surface area contributed by atoms with E-state index in [0.717, 1.165) is 10.9 Å². The van der Waals surface area contributed by atoms with E-state index < -0.39 is 81.4 Å². The van der Waals surface area contributed by atoms with Crippen LogP contribution in [0, 0.1) is 11.3 Å². The van der Waals surface area contributed by atoms with Gasteiger partial charge in [-0.2, -0.15) is 10.3 Å². The molecule has 16 heteroatoms. The fourth-order valence-electron chi connectivity index (χ4n) is 3.76. The first kappa shape index (κ1) is 32.0. The van der Waals surface area contributed by atoms with Crippen molar-refractivity contribution in [3.63, 3.8) is 0 Å². The number of benzene rings is 1. The summed E-state index contributed by atoms with van der Waals surface area (Å²) in [7, 11) is -4.53. The minimum atomic E-state index is -4.53. The number of hydrogen-bond donors (Lipinski definition) is 4. The van der Waals surface area contributed by atoms with Crippen LogP contribution in [0.1, 0.15) is 46.0 Å². The molecule has 2 aromatic rings. The van der Waals surface area contributed by atoms with Gasteiger partial charge in [-0.3, -0.25) is 18.7 Å². The van der Waals surface area contributed by atoms with Gasteiger partial charge in [0.1, 0.15) is 42.5 Å². The number of para-hydroxylation sites is 1. The van der Waals surface area contributed by atoms with Crippen LogP contribution in [0.15, 0.2) is 36.7 Å². The Kier molecular flexibility index (Phi) is 10.9. The number of esters is 2. The van der Waals surface area contributed by atoms with E-state index in [1.807, 2.05) is 0 Å². The van der Waals surface area contributed by atoms with Crippen LogP contribution in [0.5, 0.6) is 11.6 Å². The van der Waals surface area contributed by atoms with Crippen molar-refractivity contribution >= 4 is 19.7 Å². The Morgan fingerprint density at radius 3 is 2.39 bits per heavy atom. The van der Waals surface area contributed by atoms with E-state index in [1.165, 1.54) is 12.1 Å². The molecule has 1 aliphatic rings. The first-order valence-electron chi connectivity index (χ1n) is 12.7. The predicted molar refractivity (Wildman–Crippen MR) is 139 cm³/mol. The van der Waals surface area contributed by atoms with Crippen LogP contribution in [0.25, 0.3) is 0 Å². The molecule has 2 heterocycles. The van der Waals surface area contributed by atoms with Crippen LogP contribution in [0.3, 0.4) is 0 Å². The Hall–Kier alpha value is -3.51. The standard InChI is InChI=1S/C25H33N4O11P/c1-14(2)37-20(30)10-17(25(34)38-15(3)4)28-41(35,40-16-8-6-5-7-9-16)36-12-19-21(31)22(32)24(39-19)29-13-27-18(11-26)23(29)33/h5-9,13-15,17,19,21-22,24,31-33H,10,12H2,1-4H3,(H,28,35)/t17-,19+,21?,22+,24+,41?/m0/s1. The SMILES string of the molecule is CC(C)OC(=O)C[C@H](NP(=O)(OC[C@H]1O[C@@H](n2cnc(C#N)c2O)[C@H](O)C1O)Oc1ccccc1)C(=O)OC(C)C. The van der Waals surface area contributed by atoms with E-state index in [0.29, 0.717) is 0 Å². The van der Waals surface area contributed by atoms with E-state index in [-0.39, 0.29) is 11.4 Å². The number of ether oxygens (including phenoxy) is 3. The van der Waals surface area contributed by atoms with Crippen LogP contribution < -0.4 is 9.61 Å². The molecule has 1 aromatic heterocycles. The highest BCUT2D eigenvalue weighted by molar-refractivity contribution is 7.52. The summed E-state index contributed by atoms with van der Waals surface area (Å²) in [6, 6.07) is 7.98. The minimum absolute atomic E-state index is 0.0854. The summed E-state index contributed by atoms with van der Waals surface area (Å²) in [4.78, 5) is 28.9. The van der Waals surface area contributed by atoms with Crippen LogP contribution in [0.2, 0.25) is 0 Å². The number of aromatic hydroxyl groups is 1. The Morgan fingerprint density at radius 2 is 1.80 bits per heavy atom. The predicted octanol–water partition coefficient (Wildman–Crippen LogP) is 1.53. The highest BCUT2D eigenvalue weighted by Gasteiger charge is 2.46. The first-order chi connectivity index (χ1) is 19.3. The zero-order valence-electron chi connectivity index (χ0n) is 22.8. The van der Waals surface area contributed by atoms with E-state index >= 15 is 0 Å². The zero-order valence-corrected chi connectivity index (χ0v) is 23.7. The summed E-state index contributed by atoms with van der Waals surface area (Å²) in [5.41, 5.74) is -0.324. The molecule has 6 atom stereocenters. The second-order valence-electron chi connectivity index (χ2n) is 9.59. The molecule has 15 nitrogen and oxygen atoms in total. The van der Waals surface area contributed by atoms with Crippen molar-refractivity contribution in [2.24, 2.45) is 0 Å². The summed E-state index contributed by atoms with van der Waals surface area (Å²) in [6.45, 7) is 5.79. The van der Waals surface area contributed by atoms with Crippen LogP contribution in [-0.4, -0.2) is 80.0 Å². The summed E-state index contributed by atoms with van der Waals surface area (Å²) in [6.07, 6.45) is -6.45. The molecule has 3 rings (SSSR count). The fraction of sp³-hybridized carbons (Fsp3) is 0.520. The lowest BCUT2D eigenvalue weighted by atomic mass is 10.1. The third-order valence-electron chi connectivity index (χ3n) is 5.55. The van der Waals surface area contributed by atoms with Crippen molar-refractivity contribution in [1.82, 2.24) is 14.6 Å². The second-order valence-corrected chi connectivity index (χ2v) is 11.3. The summed E-state index contributed by atoms with van der Waals surface area (Å²) in [5.74, 6) is -2.20. The van der Waals surface area contributed by atoms with Crippen molar-refractivity contribution in [1.29, 1.82) is 5.26 Å². The molecule has 0 aliphatic carbocycles. The number of nitrogens with one attached hydrogen (secondary N) is 1. The Bertz CT molecular complexity index is 1280. The number of aromatic nitrogens is 2. The van der Waals surface area contributed by atoms with Gasteiger partial charge in [-0.05, 0) is 39.8 Å². The van der Waals surface area contributed by atoms with Crippen LogP contribution in [0.4, 0.5) is 0 Å². The van der Waals surface area contributed by atoms with Gasteiger partial charge in [0.2, 0.25) is 11.6 Å². The molecule has 0 spiro atoms. The molecule has 0 amide bonds. The molecule has 2 unspecified atom stereocenters. The van der Waals surface area contributed by atoms with Gasteiger partial charge < -0.3 is 34.1 Å². The van der Waals surface area contributed by atoms with Crippen molar-refractivity contribution < 1.29 is 52.7 Å². The van der Waals surface area contributed by atoms with Gasteiger partial charge in [0.05, 0.1) is 25.2 Å². The topological polar surface area (TPSA) is 212 Å². The molecule has 4 N–H and O–H groups in total. The van der Waals surface area contributed by atoms with Gasteiger partial charge in [-0.25, -0.2) is 9.55 Å². The molecular formula is C25H33N4O11P. The van der Waals surface area contributed by atoms with Crippen LogP contribution >= 0.6 is 7.75 Å². The summed E-state index contributed by atoms with van der Waals surface area (Å²) >= 11 is 0. The van der Waals surface area contributed by atoms with Gasteiger partial charge in [0, 0.05) is 0 Å². The third-order valence-corrected chi connectivity index (χ3v) is 7.12. The molecular weight excluding hydrogens is 563 g/mol. The zero-order chi connectivity index (χ0) is 30.3. The highest BCUT2D eigenvalue weighted by Crippen LogP contribution is 2.46. The lowest BCUT2D eigenvalue weighted by molar-refractivity contribution is -0.156. The molecule has 1 fully saturated rings. The fourth-order valence-corrected chi connectivity index (χ4v) is 5.26. The first-order valence-corrected chi connectivity index (χ1v) is 14.2. The van der Waals surface area contributed by atoms with Crippen molar-refractivity contribution in [2.45, 2.75) is 76.9 Å². The highest BCUT2D eigenvalue weighted by atomic mass is 31.2. The summed E-state index contributed by atoms with van der Waals surface area (Å²) < 4.78 is 42.0. The van der Waals surface area contributed by atoms with Gasteiger partial charge in [-0.1, -0.05) is 18.2 Å². The molecule has 1 aliphatic heterocycles. The minimum Gasteiger partial charge on any atom is -0.492 e. The number of nitriles is 1. The maximum atomic E-state index is 14.0. The third kappa shape index (κ3) is 8.49. The van der Waals surface area contributed by atoms with Gasteiger partial charge >= 0.3 is 19.7 Å². The van der Waals surface area contributed by atoms with E-state index in [4.69, 9.17) is 28.5 Å². The number of carbonyl (C=O) groups excluding carboxylic acids is 2. The van der Waals surface area contributed by atoms with Crippen molar-refractivity contribution in [3.05, 3.63) is 42.4 Å². The average Bonchev–Trinajstić information content (AvgIpc) is 3.40. The Labute approximate surface area is 236 Å².